The molecule has 162 valence electrons. The molecule has 3 aromatic carbocycles. The minimum Gasteiger partial charge on any atom is -0.497 e. The highest BCUT2D eigenvalue weighted by molar-refractivity contribution is 8.17. The summed E-state index contributed by atoms with van der Waals surface area (Å²) in [5.74, 6) is 1.36. The number of esters is 1. The summed E-state index contributed by atoms with van der Waals surface area (Å²) in [4.78, 5) is 14.8. The monoisotopic (exact) mass is 454 g/mol. The van der Waals surface area contributed by atoms with E-state index in [1.807, 2.05) is 73.7 Å². The van der Waals surface area contributed by atoms with Crippen LogP contribution in [0.2, 0.25) is 0 Å². The number of ether oxygens (including phenoxy) is 3. The van der Waals surface area contributed by atoms with Crippen molar-refractivity contribution in [3.63, 3.8) is 0 Å². The van der Waals surface area contributed by atoms with E-state index >= 15 is 0 Å². The minimum absolute atomic E-state index is 0.220. The summed E-state index contributed by atoms with van der Waals surface area (Å²) >= 11 is 3.29. The molecule has 0 fully saturated rings. The van der Waals surface area contributed by atoms with Gasteiger partial charge in [0.05, 0.1) is 27.2 Å². The third-order valence-corrected chi connectivity index (χ3v) is 7.52. The summed E-state index contributed by atoms with van der Waals surface area (Å²) in [6, 6.07) is 25.9. The minimum atomic E-state index is -0.614. The van der Waals surface area contributed by atoms with E-state index in [-0.39, 0.29) is 12.4 Å². The number of rotatable bonds is 10. The number of carbonyl (C=O) groups excluding carboxylic acids is 1. The van der Waals surface area contributed by atoms with E-state index in [0.29, 0.717) is 6.61 Å². The van der Waals surface area contributed by atoms with E-state index in [9.17, 15) is 4.79 Å². The fourth-order valence-corrected chi connectivity index (χ4v) is 6.01. The zero-order valence-electron chi connectivity index (χ0n) is 17.9. The normalized spacial score (nSPS) is 11.1. The third kappa shape index (κ3) is 6.21. The number of thioether (sulfide) groups is 2. The zero-order valence-corrected chi connectivity index (χ0v) is 19.5. The molecule has 0 radical (unpaired) electrons. The molecule has 0 aliphatic heterocycles. The maximum Gasteiger partial charge on any atom is 0.308 e. The summed E-state index contributed by atoms with van der Waals surface area (Å²) in [6.45, 7) is 2.18. The Bertz CT molecular complexity index is 908. The first-order valence-electron chi connectivity index (χ1n) is 9.96. The number of benzene rings is 3. The Morgan fingerprint density at radius 1 is 0.774 bits per heavy atom. The van der Waals surface area contributed by atoms with Crippen molar-refractivity contribution in [2.24, 2.45) is 0 Å². The fraction of sp³-hybridized carbons (Fsp3) is 0.240. The van der Waals surface area contributed by atoms with Gasteiger partial charge in [-0.25, -0.2) is 0 Å². The highest BCUT2D eigenvalue weighted by Crippen LogP contribution is 2.55. The van der Waals surface area contributed by atoms with Gasteiger partial charge in [0.2, 0.25) is 0 Å². The molecule has 0 aromatic heterocycles. The molecular weight excluding hydrogens is 428 g/mol. The maximum atomic E-state index is 12.7. The lowest BCUT2D eigenvalue weighted by atomic mass is 10.1. The maximum absolute atomic E-state index is 12.7. The van der Waals surface area contributed by atoms with Gasteiger partial charge >= 0.3 is 5.97 Å². The number of hydrogen-bond donors (Lipinski definition) is 0. The summed E-state index contributed by atoms with van der Waals surface area (Å²) in [7, 11) is 3.30. The van der Waals surface area contributed by atoms with Crippen molar-refractivity contribution in [1.82, 2.24) is 0 Å². The van der Waals surface area contributed by atoms with Crippen LogP contribution in [-0.4, -0.2) is 26.8 Å². The van der Waals surface area contributed by atoms with Crippen LogP contribution in [0.15, 0.2) is 88.7 Å². The molecule has 3 aromatic rings. The Morgan fingerprint density at radius 2 is 1.26 bits per heavy atom. The smallest absolute Gasteiger partial charge is 0.308 e. The molecule has 0 saturated heterocycles. The van der Waals surface area contributed by atoms with Crippen molar-refractivity contribution in [2.45, 2.75) is 27.2 Å². The van der Waals surface area contributed by atoms with E-state index in [1.165, 1.54) is 0 Å². The molecule has 0 N–H and O–H groups in total. The van der Waals surface area contributed by atoms with E-state index in [0.717, 1.165) is 26.9 Å². The van der Waals surface area contributed by atoms with Crippen LogP contribution < -0.4 is 9.47 Å². The Balaban J connectivity index is 2.04. The number of methoxy groups -OCH3 is 2. The van der Waals surface area contributed by atoms with Gasteiger partial charge in [0.25, 0.3) is 0 Å². The molecule has 0 bridgehead atoms. The molecule has 3 rings (SSSR count). The van der Waals surface area contributed by atoms with Crippen LogP contribution in [0.1, 0.15) is 18.9 Å². The zero-order chi connectivity index (χ0) is 22.1. The standard InChI is InChI=1S/C25H26O4S2/c1-4-29-24(26)18-25(19-8-6-5-7-9-19,30-22-14-10-20(27-2)11-15-22)31-23-16-12-21(28-3)13-17-23/h5-17H,4,18H2,1-3H3. The first kappa shape index (κ1) is 23.1. The SMILES string of the molecule is CCOC(=O)CC(Sc1ccc(OC)cc1)(Sc1ccc(OC)cc1)c1ccccc1. The molecule has 0 heterocycles. The second kappa shape index (κ2) is 11.2. The average molecular weight is 455 g/mol. The molecule has 0 saturated carbocycles. The van der Waals surface area contributed by atoms with Crippen LogP contribution in [0.4, 0.5) is 0 Å². The van der Waals surface area contributed by atoms with Gasteiger partial charge in [0.15, 0.2) is 0 Å². The molecule has 6 heteroatoms. The van der Waals surface area contributed by atoms with Crippen LogP contribution in [0.3, 0.4) is 0 Å². The Kier molecular flexibility index (Phi) is 8.32. The summed E-state index contributed by atoms with van der Waals surface area (Å²) in [5.41, 5.74) is 1.05. The van der Waals surface area contributed by atoms with Crippen LogP contribution in [0.25, 0.3) is 0 Å². The molecule has 31 heavy (non-hydrogen) atoms. The Morgan fingerprint density at radius 3 is 1.68 bits per heavy atom. The van der Waals surface area contributed by atoms with Crippen molar-refractivity contribution in [3.05, 3.63) is 84.4 Å². The number of carbonyl (C=O) groups is 1. The van der Waals surface area contributed by atoms with Gasteiger partial charge < -0.3 is 14.2 Å². The summed E-state index contributed by atoms with van der Waals surface area (Å²) in [5, 5.41) is 0. The van der Waals surface area contributed by atoms with Gasteiger partial charge in [-0.2, -0.15) is 0 Å². The molecule has 0 spiro atoms. The highest BCUT2D eigenvalue weighted by Gasteiger charge is 2.38. The Hall–Kier alpha value is -2.57. The lowest BCUT2D eigenvalue weighted by molar-refractivity contribution is -0.143. The van der Waals surface area contributed by atoms with Crippen molar-refractivity contribution >= 4 is 29.5 Å². The van der Waals surface area contributed by atoms with E-state index in [4.69, 9.17) is 14.2 Å². The summed E-state index contributed by atoms with van der Waals surface area (Å²) in [6.07, 6.45) is 0.220. The molecular formula is C25H26O4S2. The molecule has 0 amide bonds. The molecule has 0 atom stereocenters. The van der Waals surface area contributed by atoms with Crippen LogP contribution >= 0.6 is 23.5 Å². The molecule has 0 aliphatic carbocycles. The number of hydrogen-bond acceptors (Lipinski definition) is 6. The largest absolute Gasteiger partial charge is 0.497 e. The third-order valence-electron chi connectivity index (χ3n) is 4.58. The first-order chi connectivity index (χ1) is 15.1. The van der Waals surface area contributed by atoms with Gasteiger partial charge in [0.1, 0.15) is 15.6 Å². The molecule has 0 aliphatic rings. The van der Waals surface area contributed by atoms with Crippen LogP contribution in [-0.2, 0) is 13.6 Å². The predicted octanol–water partition coefficient (Wildman–Crippen LogP) is 6.39. The lowest BCUT2D eigenvalue weighted by Gasteiger charge is -2.32. The van der Waals surface area contributed by atoms with Crippen molar-refractivity contribution in [3.8, 4) is 11.5 Å². The van der Waals surface area contributed by atoms with Crippen LogP contribution in [0.5, 0.6) is 11.5 Å². The fourth-order valence-electron chi connectivity index (χ4n) is 3.08. The summed E-state index contributed by atoms with van der Waals surface area (Å²) < 4.78 is 15.3. The van der Waals surface area contributed by atoms with Gasteiger partial charge in [0, 0.05) is 9.79 Å². The van der Waals surface area contributed by atoms with E-state index in [1.54, 1.807) is 37.7 Å². The average Bonchev–Trinajstić information content (AvgIpc) is 2.80. The Labute approximate surface area is 192 Å². The lowest BCUT2D eigenvalue weighted by Crippen LogP contribution is -2.23. The highest BCUT2D eigenvalue weighted by atomic mass is 32.2. The van der Waals surface area contributed by atoms with Crippen molar-refractivity contribution < 1.29 is 19.0 Å². The van der Waals surface area contributed by atoms with E-state index < -0.39 is 4.08 Å². The quantitative estimate of drug-likeness (QED) is 0.201. The second-order valence-corrected chi connectivity index (χ2v) is 9.66. The molecule has 4 nitrogen and oxygen atoms in total. The second-order valence-electron chi connectivity index (χ2n) is 6.66. The van der Waals surface area contributed by atoms with Gasteiger partial charge in [-0.1, -0.05) is 30.3 Å². The van der Waals surface area contributed by atoms with E-state index in [2.05, 4.69) is 12.1 Å². The first-order valence-corrected chi connectivity index (χ1v) is 11.6. The van der Waals surface area contributed by atoms with Gasteiger partial charge in [-0.15, -0.1) is 23.5 Å². The van der Waals surface area contributed by atoms with Crippen LogP contribution in [0, 0.1) is 0 Å². The van der Waals surface area contributed by atoms with Gasteiger partial charge in [-0.3, -0.25) is 4.79 Å². The van der Waals surface area contributed by atoms with Crippen molar-refractivity contribution in [1.29, 1.82) is 0 Å². The van der Waals surface area contributed by atoms with Gasteiger partial charge in [-0.05, 0) is 61.0 Å². The topological polar surface area (TPSA) is 44.8 Å². The predicted molar refractivity (Wildman–Crippen MR) is 127 cm³/mol. The van der Waals surface area contributed by atoms with Crippen molar-refractivity contribution in [2.75, 3.05) is 20.8 Å². The molecule has 0 unspecified atom stereocenters.